The highest BCUT2D eigenvalue weighted by Crippen LogP contribution is 2.16. The summed E-state index contributed by atoms with van der Waals surface area (Å²) >= 11 is 1.99. The van der Waals surface area contributed by atoms with Crippen molar-refractivity contribution in [3.05, 3.63) is 44.4 Å². The Kier molecular flexibility index (Phi) is 3.28. The van der Waals surface area contributed by atoms with Crippen LogP contribution >= 0.6 is 22.6 Å². The molecule has 6 heteroatoms. The number of anilines is 1. The third-order valence-corrected chi connectivity index (χ3v) is 3.11. The van der Waals surface area contributed by atoms with Gasteiger partial charge in [-0.05, 0) is 28.7 Å². The molecule has 0 saturated heterocycles. The molecule has 0 bridgehead atoms. The molecule has 0 saturated carbocycles. The van der Waals surface area contributed by atoms with Crippen molar-refractivity contribution in [1.82, 2.24) is 9.97 Å². The van der Waals surface area contributed by atoms with Crippen molar-refractivity contribution in [2.75, 3.05) is 11.9 Å². The number of H-pyrrole nitrogens is 1. The minimum atomic E-state index is -0.121. The largest absolute Gasteiger partial charge is 0.472 e. The lowest BCUT2D eigenvalue weighted by molar-refractivity contribution is 0.563. The minimum absolute atomic E-state index is 0.121. The smallest absolute Gasteiger partial charge is 0.266 e. The molecule has 2 aromatic heterocycles. The van der Waals surface area contributed by atoms with Crippen molar-refractivity contribution in [3.63, 3.8) is 0 Å². The monoisotopic (exact) mass is 331 g/mol. The summed E-state index contributed by atoms with van der Waals surface area (Å²) < 4.78 is 5.58. The normalized spacial score (nSPS) is 10.4. The van der Waals surface area contributed by atoms with Crippen LogP contribution in [0.25, 0.3) is 0 Å². The van der Waals surface area contributed by atoms with Crippen molar-refractivity contribution in [1.29, 1.82) is 0 Å². The first-order chi connectivity index (χ1) is 7.68. The van der Waals surface area contributed by atoms with Crippen molar-refractivity contribution in [3.8, 4) is 0 Å². The van der Waals surface area contributed by atoms with E-state index in [1.54, 1.807) is 12.5 Å². The van der Waals surface area contributed by atoms with Gasteiger partial charge < -0.3 is 14.3 Å². The molecular formula is C10H10IN3O2. The molecule has 0 radical (unpaired) electrons. The van der Waals surface area contributed by atoms with Gasteiger partial charge in [-0.15, -0.1) is 0 Å². The predicted octanol–water partition coefficient (Wildman–Crippen LogP) is 1.60. The second kappa shape index (κ2) is 4.69. The number of nitrogens with one attached hydrogen (secondary N) is 1. The third kappa shape index (κ3) is 2.26. The van der Waals surface area contributed by atoms with Gasteiger partial charge in [-0.25, -0.2) is 4.98 Å². The number of rotatable bonds is 3. The van der Waals surface area contributed by atoms with E-state index in [0.29, 0.717) is 15.9 Å². The second-order valence-electron chi connectivity index (χ2n) is 3.36. The average molecular weight is 331 g/mol. The molecular weight excluding hydrogens is 321 g/mol. The van der Waals surface area contributed by atoms with Crippen LogP contribution in [0.1, 0.15) is 5.56 Å². The molecule has 2 rings (SSSR count). The lowest BCUT2D eigenvalue weighted by Crippen LogP contribution is -2.23. The SMILES string of the molecule is CN(Cc1ccoc1)c1nc[nH]c(=O)c1I. The molecule has 84 valence electrons. The molecule has 0 aliphatic carbocycles. The van der Waals surface area contributed by atoms with Crippen LogP contribution in [-0.2, 0) is 6.54 Å². The van der Waals surface area contributed by atoms with Gasteiger partial charge in [0.15, 0.2) is 0 Å². The second-order valence-corrected chi connectivity index (χ2v) is 4.44. The Morgan fingerprint density at radius 1 is 1.62 bits per heavy atom. The molecule has 1 N–H and O–H groups in total. The average Bonchev–Trinajstić information content (AvgIpc) is 2.74. The minimum Gasteiger partial charge on any atom is -0.472 e. The molecule has 2 aromatic rings. The fourth-order valence-corrected chi connectivity index (χ4v) is 2.08. The fraction of sp³-hybridized carbons (Fsp3) is 0.200. The summed E-state index contributed by atoms with van der Waals surface area (Å²) in [5, 5.41) is 0. The highest BCUT2D eigenvalue weighted by molar-refractivity contribution is 14.1. The highest BCUT2D eigenvalue weighted by atomic mass is 127. The van der Waals surface area contributed by atoms with Crippen molar-refractivity contribution < 1.29 is 4.42 Å². The number of hydrogen-bond donors (Lipinski definition) is 1. The van der Waals surface area contributed by atoms with Crippen LogP contribution in [0, 0.1) is 3.57 Å². The predicted molar refractivity (Wildman–Crippen MR) is 68.4 cm³/mol. The molecule has 5 nitrogen and oxygen atoms in total. The first-order valence-electron chi connectivity index (χ1n) is 4.64. The maximum absolute atomic E-state index is 11.4. The molecule has 0 fully saturated rings. The zero-order chi connectivity index (χ0) is 11.5. The topological polar surface area (TPSA) is 62.1 Å². The van der Waals surface area contributed by atoms with Gasteiger partial charge in [0.05, 0.1) is 18.9 Å². The highest BCUT2D eigenvalue weighted by Gasteiger charge is 2.10. The Balaban J connectivity index is 2.24. The molecule has 0 spiro atoms. The van der Waals surface area contributed by atoms with E-state index >= 15 is 0 Å². The number of aromatic amines is 1. The number of hydrogen-bond acceptors (Lipinski definition) is 4. The lowest BCUT2D eigenvalue weighted by atomic mass is 10.3. The molecule has 0 atom stereocenters. The van der Waals surface area contributed by atoms with E-state index in [1.807, 2.05) is 40.6 Å². The van der Waals surface area contributed by atoms with Crippen LogP contribution in [0.4, 0.5) is 5.82 Å². The van der Waals surface area contributed by atoms with Crippen LogP contribution in [0.5, 0.6) is 0 Å². The van der Waals surface area contributed by atoms with Gasteiger partial charge in [-0.1, -0.05) is 0 Å². The summed E-state index contributed by atoms with van der Waals surface area (Å²) in [6.45, 7) is 0.656. The van der Waals surface area contributed by atoms with Gasteiger partial charge in [-0.3, -0.25) is 4.79 Å². The summed E-state index contributed by atoms with van der Waals surface area (Å²) in [5.41, 5.74) is 0.921. The van der Waals surface area contributed by atoms with E-state index in [0.717, 1.165) is 5.56 Å². The first kappa shape index (κ1) is 11.2. The summed E-state index contributed by atoms with van der Waals surface area (Å²) in [6, 6.07) is 1.89. The van der Waals surface area contributed by atoms with Crippen LogP contribution in [0.2, 0.25) is 0 Å². The summed E-state index contributed by atoms with van der Waals surface area (Å²) in [6.07, 6.45) is 4.71. The molecule has 0 aromatic carbocycles. The van der Waals surface area contributed by atoms with Crippen LogP contribution in [0.3, 0.4) is 0 Å². The molecule has 0 amide bonds. The Bertz CT molecular complexity index is 521. The van der Waals surface area contributed by atoms with Crippen molar-refractivity contribution in [2.24, 2.45) is 0 Å². The number of halogens is 1. The van der Waals surface area contributed by atoms with E-state index in [-0.39, 0.29) is 5.56 Å². The summed E-state index contributed by atoms with van der Waals surface area (Å²) in [4.78, 5) is 20.0. The molecule has 0 unspecified atom stereocenters. The zero-order valence-corrected chi connectivity index (χ0v) is 10.8. The van der Waals surface area contributed by atoms with E-state index in [4.69, 9.17) is 4.42 Å². The molecule has 0 aliphatic heterocycles. The fourth-order valence-electron chi connectivity index (χ4n) is 1.37. The first-order valence-corrected chi connectivity index (χ1v) is 5.72. The van der Waals surface area contributed by atoms with Crippen LogP contribution < -0.4 is 10.5 Å². The van der Waals surface area contributed by atoms with E-state index in [2.05, 4.69) is 9.97 Å². The van der Waals surface area contributed by atoms with E-state index in [1.165, 1.54) is 6.33 Å². The van der Waals surface area contributed by atoms with E-state index in [9.17, 15) is 4.79 Å². The van der Waals surface area contributed by atoms with E-state index < -0.39 is 0 Å². The van der Waals surface area contributed by atoms with Gasteiger partial charge in [0, 0.05) is 19.2 Å². The van der Waals surface area contributed by atoms with Gasteiger partial charge in [0.25, 0.3) is 5.56 Å². The Hall–Kier alpha value is -1.31. The van der Waals surface area contributed by atoms with Crippen LogP contribution in [-0.4, -0.2) is 17.0 Å². The Labute approximate surface area is 106 Å². The maximum Gasteiger partial charge on any atom is 0.266 e. The van der Waals surface area contributed by atoms with Gasteiger partial charge in [0.2, 0.25) is 0 Å². The van der Waals surface area contributed by atoms with Crippen molar-refractivity contribution in [2.45, 2.75) is 6.54 Å². The third-order valence-electron chi connectivity index (χ3n) is 2.14. The Morgan fingerprint density at radius 3 is 3.12 bits per heavy atom. The standard InChI is InChI=1S/C10H10IN3O2/c1-14(4-7-2-3-16-5-7)9-8(11)10(15)13-6-12-9/h2-3,5-6H,4H2,1H3,(H,12,13,15). The summed E-state index contributed by atoms with van der Waals surface area (Å²) in [7, 11) is 1.89. The van der Waals surface area contributed by atoms with Gasteiger partial charge in [0.1, 0.15) is 9.39 Å². The van der Waals surface area contributed by atoms with Crippen LogP contribution in [0.15, 0.2) is 34.1 Å². The van der Waals surface area contributed by atoms with Gasteiger partial charge >= 0.3 is 0 Å². The number of furan rings is 1. The maximum atomic E-state index is 11.4. The lowest BCUT2D eigenvalue weighted by Gasteiger charge is -2.17. The molecule has 2 heterocycles. The quantitative estimate of drug-likeness (QED) is 0.868. The summed E-state index contributed by atoms with van der Waals surface area (Å²) in [5.74, 6) is 0.672. The Morgan fingerprint density at radius 2 is 2.44 bits per heavy atom. The van der Waals surface area contributed by atoms with Crippen molar-refractivity contribution >= 4 is 28.4 Å². The molecule has 0 aliphatic rings. The van der Waals surface area contributed by atoms with Gasteiger partial charge in [-0.2, -0.15) is 0 Å². The zero-order valence-electron chi connectivity index (χ0n) is 8.61. The number of nitrogens with zero attached hydrogens (tertiary/aromatic N) is 2. The molecule has 16 heavy (non-hydrogen) atoms. The number of aromatic nitrogens is 2.